The van der Waals surface area contributed by atoms with Gasteiger partial charge in [0.25, 0.3) is 0 Å². The van der Waals surface area contributed by atoms with E-state index in [2.05, 4.69) is 9.47 Å². The van der Waals surface area contributed by atoms with Crippen molar-refractivity contribution in [2.45, 2.75) is 32.7 Å². The predicted octanol–water partition coefficient (Wildman–Crippen LogP) is -2.10. The molecule has 0 aliphatic heterocycles. The van der Waals surface area contributed by atoms with E-state index in [1.54, 1.807) is 0 Å². The van der Waals surface area contributed by atoms with Gasteiger partial charge in [-0.3, -0.25) is 9.59 Å². The van der Waals surface area contributed by atoms with Crippen molar-refractivity contribution in [1.82, 2.24) is 13.7 Å². The first-order valence-corrected chi connectivity index (χ1v) is 6.94. The van der Waals surface area contributed by atoms with Gasteiger partial charge in [-0.25, -0.2) is 28.1 Å². The number of carbonyl (C=O) groups is 2. The molecule has 0 aromatic carbocycles. The third kappa shape index (κ3) is 4.41. The molecule has 0 fully saturated rings. The molecule has 1 heterocycles. The monoisotopic (exact) mass is 345 g/mol. The molecular weight excluding hydrogens is 326 g/mol. The Labute approximate surface area is 136 Å². The van der Waals surface area contributed by atoms with Crippen LogP contribution in [0.2, 0.25) is 0 Å². The summed E-state index contributed by atoms with van der Waals surface area (Å²) in [4.78, 5) is 59.3. The molecule has 134 valence electrons. The van der Waals surface area contributed by atoms with E-state index in [1.807, 2.05) is 0 Å². The summed E-state index contributed by atoms with van der Waals surface area (Å²) in [6.07, 6.45) is -0.457. The molecule has 0 unspecified atom stereocenters. The Kier molecular flexibility index (Phi) is 7.11. The smallest absolute Gasteiger partial charge is 0.338 e. The highest BCUT2D eigenvalue weighted by Crippen LogP contribution is 1.89. The lowest BCUT2D eigenvalue weighted by Crippen LogP contribution is -2.55. The standard InChI is InChI=1S/C13H19N3O8/c1-22-8-16-12(20)14(6-4-9(17)23-2)11(19)15(13(16)21)7-5-10(18)24-3/h4-8H2,1-3H3. The highest BCUT2D eigenvalue weighted by atomic mass is 16.5. The van der Waals surface area contributed by atoms with Crippen LogP contribution in [-0.4, -0.2) is 47.0 Å². The van der Waals surface area contributed by atoms with Gasteiger partial charge in [0, 0.05) is 20.2 Å². The van der Waals surface area contributed by atoms with Crippen molar-refractivity contribution >= 4 is 11.9 Å². The summed E-state index contributed by atoms with van der Waals surface area (Å²) in [5.74, 6) is -1.24. The van der Waals surface area contributed by atoms with Gasteiger partial charge in [-0.15, -0.1) is 0 Å². The molecule has 0 saturated heterocycles. The summed E-state index contributed by atoms with van der Waals surface area (Å²) >= 11 is 0. The predicted molar refractivity (Wildman–Crippen MR) is 79.5 cm³/mol. The van der Waals surface area contributed by atoms with Crippen molar-refractivity contribution in [3.8, 4) is 0 Å². The van der Waals surface area contributed by atoms with Crippen molar-refractivity contribution in [3.63, 3.8) is 0 Å². The van der Waals surface area contributed by atoms with E-state index in [0.717, 1.165) is 0 Å². The lowest BCUT2D eigenvalue weighted by molar-refractivity contribution is -0.141. The molecule has 0 radical (unpaired) electrons. The summed E-state index contributed by atoms with van der Waals surface area (Å²) in [7, 11) is 3.62. The largest absolute Gasteiger partial charge is 0.469 e. The maximum Gasteiger partial charge on any atom is 0.338 e. The molecule has 1 aromatic rings. The fraction of sp³-hybridized carbons (Fsp3) is 0.615. The van der Waals surface area contributed by atoms with E-state index in [1.165, 1.54) is 21.3 Å². The van der Waals surface area contributed by atoms with Crippen molar-refractivity contribution < 1.29 is 23.8 Å². The summed E-state index contributed by atoms with van der Waals surface area (Å²) in [6, 6.07) is 0. The van der Waals surface area contributed by atoms with E-state index in [4.69, 9.17) is 4.74 Å². The van der Waals surface area contributed by atoms with Crippen molar-refractivity contribution in [1.29, 1.82) is 0 Å². The Balaban J connectivity index is 3.36. The lowest BCUT2D eigenvalue weighted by atomic mass is 10.4. The van der Waals surface area contributed by atoms with Crippen molar-refractivity contribution in [3.05, 3.63) is 31.5 Å². The molecule has 24 heavy (non-hydrogen) atoms. The maximum atomic E-state index is 12.3. The number of carbonyl (C=O) groups excluding carboxylic acids is 2. The number of esters is 2. The number of ether oxygens (including phenoxy) is 3. The molecular formula is C13H19N3O8. The average molecular weight is 345 g/mol. The third-order valence-corrected chi connectivity index (χ3v) is 3.18. The van der Waals surface area contributed by atoms with Crippen molar-refractivity contribution in [2.75, 3.05) is 21.3 Å². The minimum atomic E-state index is -0.926. The van der Waals surface area contributed by atoms with Gasteiger partial charge < -0.3 is 14.2 Å². The minimum absolute atomic E-state index is 0.228. The maximum absolute atomic E-state index is 12.3. The first kappa shape index (κ1) is 19.4. The second kappa shape index (κ2) is 8.82. The summed E-state index contributed by atoms with van der Waals surface area (Å²) in [5, 5.41) is 0. The van der Waals surface area contributed by atoms with Crippen LogP contribution in [0.25, 0.3) is 0 Å². The van der Waals surface area contributed by atoms with Gasteiger partial charge >= 0.3 is 29.0 Å². The van der Waals surface area contributed by atoms with Crippen LogP contribution in [0.15, 0.2) is 14.4 Å². The van der Waals surface area contributed by atoms with Crippen LogP contribution >= 0.6 is 0 Å². The van der Waals surface area contributed by atoms with E-state index in [0.29, 0.717) is 13.7 Å². The number of methoxy groups -OCH3 is 3. The van der Waals surface area contributed by atoms with Gasteiger partial charge in [0.15, 0.2) is 0 Å². The number of rotatable bonds is 8. The molecule has 0 atom stereocenters. The van der Waals surface area contributed by atoms with Crippen LogP contribution in [0.3, 0.4) is 0 Å². The Morgan fingerprint density at radius 3 is 1.46 bits per heavy atom. The zero-order chi connectivity index (χ0) is 18.3. The Morgan fingerprint density at radius 2 is 1.12 bits per heavy atom. The van der Waals surface area contributed by atoms with Crippen LogP contribution in [0.4, 0.5) is 0 Å². The molecule has 0 N–H and O–H groups in total. The quantitative estimate of drug-likeness (QED) is 0.490. The molecule has 11 nitrogen and oxygen atoms in total. The second-order valence-electron chi connectivity index (χ2n) is 4.65. The molecule has 0 aliphatic rings. The summed E-state index contributed by atoms with van der Waals surface area (Å²) in [6.45, 7) is -0.923. The van der Waals surface area contributed by atoms with Gasteiger partial charge in [0.05, 0.1) is 27.1 Å². The van der Waals surface area contributed by atoms with Crippen LogP contribution in [0, 0.1) is 0 Å². The fourth-order valence-corrected chi connectivity index (χ4v) is 1.92. The van der Waals surface area contributed by atoms with Gasteiger partial charge in [0.1, 0.15) is 6.73 Å². The average Bonchev–Trinajstić information content (AvgIpc) is 2.57. The van der Waals surface area contributed by atoms with E-state index >= 15 is 0 Å². The van der Waals surface area contributed by atoms with Gasteiger partial charge in [0.2, 0.25) is 0 Å². The molecule has 0 bridgehead atoms. The fourth-order valence-electron chi connectivity index (χ4n) is 1.92. The Morgan fingerprint density at radius 1 is 0.750 bits per heavy atom. The van der Waals surface area contributed by atoms with Gasteiger partial charge in [-0.2, -0.15) is 0 Å². The van der Waals surface area contributed by atoms with E-state index in [-0.39, 0.29) is 32.7 Å². The second-order valence-corrected chi connectivity index (χ2v) is 4.65. The molecule has 0 saturated carbocycles. The minimum Gasteiger partial charge on any atom is -0.469 e. The first-order valence-electron chi connectivity index (χ1n) is 6.94. The Bertz CT molecular complexity index is 715. The molecule has 1 rings (SSSR count). The number of hydrogen-bond acceptors (Lipinski definition) is 8. The molecule has 0 aliphatic carbocycles. The van der Waals surface area contributed by atoms with E-state index < -0.39 is 29.0 Å². The highest BCUT2D eigenvalue weighted by molar-refractivity contribution is 5.69. The zero-order valence-corrected chi connectivity index (χ0v) is 13.6. The van der Waals surface area contributed by atoms with Crippen LogP contribution in [0.1, 0.15) is 12.8 Å². The molecule has 0 spiro atoms. The van der Waals surface area contributed by atoms with Gasteiger partial charge in [-0.1, -0.05) is 0 Å². The first-order chi connectivity index (χ1) is 11.4. The number of hydrogen-bond donors (Lipinski definition) is 0. The van der Waals surface area contributed by atoms with Crippen LogP contribution in [-0.2, 0) is 43.6 Å². The lowest BCUT2D eigenvalue weighted by Gasteiger charge is -2.12. The molecule has 0 amide bonds. The number of aromatic nitrogens is 3. The third-order valence-electron chi connectivity index (χ3n) is 3.18. The summed E-state index contributed by atoms with van der Waals surface area (Å²) in [5.41, 5.74) is -2.75. The number of nitrogens with zero attached hydrogens (tertiary/aromatic N) is 3. The topological polar surface area (TPSA) is 128 Å². The van der Waals surface area contributed by atoms with Gasteiger partial charge in [-0.05, 0) is 0 Å². The zero-order valence-electron chi connectivity index (χ0n) is 13.6. The van der Waals surface area contributed by atoms with E-state index in [9.17, 15) is 24.0 Å². The summed E-state index contributed by atoms with van der Waals surface area (Å²) < 4.78 is 15.8. The highest BCUT2D eigenvalue weighted by Gasteiger charge is 2.17. The SMILES string of the molecule is COCn1c(=O)n(CCC(=O)OC)c(=O)n(CCC(=O)OC)c1=O. The molecule has 1 aromatic heterocycles. The normalized spacial score (nSPS) is 10.5. The molecule has 11 heteroatoms. The Hall–Kier alpha value is -2.69. The van der Waals surface area contributed by atoms with Crippen LogP contribution in [0.5, 0.6) is 0 Å². The van der Waals surface area contributed by atoms with Crippen LogP contribution < -0.4 is 17.1 Å². The van der Waals surface area contributed by atoms with Crippen molar-refractivity contribution in [2.24, 2.45) is 0 Å².